The predicted octanol–water partition coefficient (Wildman–Crippen LogP) is 2.76. The van der Waals surface area contributed by atoms with Crippen LogP contribution in [0.25, 0.3) is 0 Å². The monoisotopic (exact) mass is 266 g/mol. The molecule has 0 aromatic carbocycles. The smallest absolute Gasteiger partial charge is 0.341 e. The zero-order valence-electron chi connectivity index (χ0n) is 8.96. The van der Waals surface area contributed by atoms with Crippen LogP contribution in [-0.4, -0.2) is 35.6 Å². The van der Waals surface area contributed by atoms with Crippen LogP contribution in [-0.2, 0) is 0 Å². The van der Waals surface area contributed by atoms with Gasteiger partial charge in [0.1, 0.15) is 5.15 Å². The minimum Gasteiger partial charge on any atom is -0.341 e. The molecule has 0 aliphatic carbocycles. The van der Waals surface area contributed by atoms with E-state index in [4.69, 9.17) is 11.6 Å². The first-order valence-electron chi connectivity index (χ1n) is 4.74. The Morgan fingerprint density at radius 3 is 2.71 bits per heavy atom. The van der Waals surface area contributed by atoms with Crippen molar-refractivity contribution in [3.63, 3.8) is 0 Å². The molecule has 1 rings (SSSR count). The lowest BCUT2D eigenvalue weighted by Crippen LogP contribution is -2.30. The van der Waals surface area contributed by atoms with Crippen molar-refractivity contribution < 1.29 is 18.0 Å². The number of nitrogens with zero attached hydrogens (tertiary/aromatic N) is 2. The molecule has 0 aliphatic heterocycles. The molecule has 0 saturated heterocycles. The normalized spacial score (nSPS) is 11.4. The lowest BCUT2D eigenvalue weighted by Gasteiger charge is -2.18. The first kappa shape index (κ1) is 13.8. The molecule has 1 aromatic heterocycles. The number of rotatable bonds is 3. The molecule has 0 N–H and O–H groups in total. The predicted molar refractivity (Wildman–Crippen MR) is 56.9 cm³/mol. The van der Waals surface area contributed by atoms with Gasteiger partial charge >= 0.3 is 6.18 Å². The molecule has 0 bridgehead atoms. The summed E-state index contributed by atoms with van der Waals surface area (Å²) in [4.78, 5) is 16.4. The van der Waals surface area contributed by atoms with Gasteiger partial charge in [0.25, 0.3) is 5.91 Å². The Labute approximate surface area is 101 Å². The van der Waals surface area contributed by atoms with Crippen LogP contribution in [0, 0.1) is 0 Å². The highest BCUT2D eigenvalue weighted by molar-refractivity contribution is 6.32. The van der Waals surface area contributed by atoms with Crippen molar-refractivity contribution in [2.75, 3.05) is 13.6 Å². The Balaban J connectivity index is 2.68. The Morgan fingerprint density at radius 2 is 2.18 bits per heavy atom. The van der Waals surface area contributed by atoms with Gasteiger partial charge in [0.2, 0.25) is 0 Å². The number of halogens is 4. The zero-order chi connectivity index (χ0) is 13.1. The van der Waals surface area contributed by atoms with E-state index in [1.807, 2.05) is 0 Å². The summed E-state index contributed by atoms with van der Waals surface area (Å²) < 4.78 is 36.0. The fraction of sp³-hybridized carbons (Fsp3) is 0.400. The third-order valence-corrected chi connectivity index (χ3v) is 2.37. The summed E-state index contributed by atoms with van der Waals surface area (Å²) in [5.41, 5.74) is 0.0961. The number of aromatic nitrogens is 1. The molecule has 0 atom stereocenters. The van der Waals surface area contributed by atoms with Crippen LogP contribution in [0.1, 0.15) is 16.8 Å². The van der Waals surface area contributed by atoms with Crippen molar-refractivity contribution >= 4 is 17.5 Å². The van der Waals surface area contributed by atoms with Crippen molar-refractivity contribution in [2.45, 2.75) is 12.6 Å². The standard InChI is InChI=1S/C10H10ClF3N2O/c1-16(6-4-10(12,13)14)9(17)7-3-2-5-15-8(7)11/h2-3,5H,4,6H2,1H3. The molecule has 1 amide bonds. The maximum atomic E-state index is 12.0. The van der Waals surface area contributed by atoms with Crippen LogP contribution in [0.15, 0.2) is 18.3 Å². The van der Waals surface area contributed by atoms with E-state index in [0.717, 1.165) is 4.90 Å². The van der Waals surface area contributed by atoms with E-state index in [-0.39, 0.29) is 10.7 Å². The molecular weight excluding hydrogens is 257 g/mol. The number of pyridine rings is 1. The largest absolute Gasteiger partial charge is 0.390 e. The van der Waals surface area contributed by atoms with Gasteiger partial charge in [0.05, 0.1) is 12.0 Å². The maximum Gasteiger partial charge on any atom is 0.390 e. The number of amides is 1. The highest BCUT2D eigenvalue weighted by Crippen LogP contribution is 2.20. The van der Waals surface area contributed by atoms with Gasteiger partial charge in [0, 0.05) is 19.8 Å². The molecule has 0 radical (unpaired) electrons. The van der Waals surface area contributed by atoms with Crippen molar-refractivity contribution in [1.82, 2.24) is 9.88 Å². The quantitative estimate of drug-likeness (QED) is 0.788. The van der Waals surface area contributed by atoms with Crippen molar-refractivity contribution in [3.05, 3.63) is 29.0 Å². The third-order valence-electron chi connectivity index (χ3n) is 2.07. The van der Waals surface area contributed by atoms with Crippen molar-refractivity contribution in [1.29, 1.82) is 0 Å². The summed E-state index contributed by atoms with van der Waals surface area (Å²) in [5, 5.41) is -0.0173. The molecule has 17 heavy (non-hydrogen) atoms. The summed E-state index contributed by atoms with van der Waals surface area (Å²) in [5.74, 6) is -0.577. The van der Waals surface area contributed by atoms with Crippen LogP contribution < -0.4 is 0 Å². The fourth-order valence-corrected chi connectivity index (χ4v) is 1.35. The first-order chi connectivity index (χ1) is 7.81. The van der Waals surface area contributed by atoms with Gasteiger partial charge in [-0.05, 0) is 12.1 Å². The summed E-state index contributed by atoms with van der Waals surface area (Å²) >= 11 is 5.67. The van der Waals surface area contributed by atoms with Crippen molar-refractivity contribution in [2.24, 2.45) is 0 Å². The number of carbonyl (C=O) groups is 1. The van der Waals surface area contributed by atoms with Gasteiger partial charge in [-0.25, -0.2) is 4.98 Å². The first-order valence-corrected chi connectivity index (χ1v) is 5.12. The molecule has 0 saturated carbocycles. The Bertz CT molecular complexity index is 409. The molecule has 0 unspecified atom stereocenters. The van der Waals surface area contributed by atoms with E-state index < -0.39 is 25.0 Å². The summed E-state index contributed by atoms with van der Waals surface area (Å²) in [7, 11) is 1.29. The summed E-state index contributed by atoms with van der Waals surface area (Å²) in [6.45, 7) is -0.409. The second-order valence-electron chi connectivity index (χ2n) is 3.43. The third kappa shape index (κ3) is 4.22. The van der Waals surface area contributed by atoms with Crippen LogP contribution in [0.5, 0.6) is 0 Å². The van der Waals surface area contributed by atoms with Crippen LogP contribution in [0.3, 0.4) is 0 Å². The number of hydrogen-bond donors (Lipinski definition) is 0. The van der Waals surface area contributed by atoms with E-state index in [1.165, 1.54) is 25.4 Å². The number of alkyl halides is 3. The number of carbonyl (C=O) groups excluding carboxylic acids is 1. The Morgan fingerprint density at radius 1 is 1.53 bits per heavy atom. The lowest BCUT2D eigenvalue weighted by atomic mass is 10.2. The molecule has 7 heteroatoms. The average Bonchev–Trinajstić information content (AvgIpc) is 2.24. The Kier molecular flexibility index (Phi) is 4.34. The fourth-order valence-electron chi connectivity index (χ4n) is 1.15. The molecule has 0 aliphatic rings. The van der Waals surface area contributed by atoms with Gasteiger partial charge in [-0.1, -0.05) is 11.6 Å². The molecule has 94 valence electrons. The summed E-state index contributed by atoms with van der Waals surface area (Å²) in [6.07, 6.45) is -3.94. The summed E-state index contributed by atoms with van der Waals surface area (Å²) in [6, 6.07) is 2.92. The minimum atomic E-state index is -4.28. The Hall–Kier alpha value is -1.30. The maximum absolute atomic E-state index is 12.0. The molecule has 0 fully saturated rings. The SMILES string of the molecule is CN(CCC(F)(F)F)C(=O)c1cccnc1Cl. The van der Waals surface area contributed by atoms with Crippen LogP contribution in [0.4, 0.5) is 13.2 Å². The van der Waals surface area contributed by atoms with E-state index in [2.05, 4.69) is 4.98 Å². The van der Waals surface area contributed by atoms with Crippen molar-refractivity contribution in [3.8, 4) is 0 Å². The van der Waals surface area contributed by atoms with E-state index in [1.54, 1.807) is 0 Å². The van der Waals surface area contributed by atoms with Gasteiger partial charge in [-0.2, -0.15) is 13.2 Å². The van der Waals surface area contributed by atoms with E-state index >= 15 is 0 Å². The topological polar surface area (TPSA) is 33.2 Å². The van der Waals surface area contributed by atoms with E-state index in [9.17, 15) is 18.0 Å². The van der Waals surface area contributed by atoms with Crippen LogP contribution >= 0.6 is 11.6 Å². The molecular formula is C10H10ClF3N2O. The lowest BCUT2D eigenvalue weighted by molar-refractivity contribution is -0.136. The zero-order valence-corrected chi connectivity index (χ0v) is 9.72. The second kappa shape index (κ2) is 5.35. The number of hydrogen-bond acceptors (Lipinski definition) is 2. The van der Waals surface area contributed by atoms with Gasteiger partial charge < -0.3 is 4.90 Å². The molecule has 0 spiro atoms. The van der Waals surface area contributed by atoms with Gasteiger partial charge in [0.15, 0.2) is 0 Å². The van der Waals surface area contributed by atoms with E-state index in [0.29, 0.717) is 0 Å². The minimum absolute atomic E-state index is 0.0173. The molecule has 1 heterocycles. The van der Waals surface area contributed by atoms with Gasteiger partial charge in [-0.15, -0.1) is 0 Å². The highest BCUT2D eigenvalue weighted by atomic mass is 35.5. The average molecular weight is 267 g/mol. The van der Waals surface area contributed by atoms with Gasteiger partial charge in [-0.3, -0.25) is 4.79 Å². The molecule has 3 nitrogen and oxygen atoms in total. The van der Waals surface area contributed by atoms with Crippen LogP contribution in [0.2, 0.25) is 5.15 Å². The highest BCUT2D eigenvalue weighted by Gasteiger charge is 2.28. The second-order valence-corrected chi connectivity index (χ2v) is 3.79. The molecule has 1 aromatic rings.